The fraction of sp³-hybridized carbons (Fsp3) is 0. The number of rotatable bonds is 4. The Morgan fingerprint density at radius 1 is 0.935 bits per heavy atom. The van der Waals surface area contributed by atoms with Crippen LogP contribution < -0.4 is 5.32 Å². The maximum atomic E-state index is 13.5. The van der Waals surface area contributed by atoms with Crippen LogP contribution in [0.25, 0.3) is 10.8 Å². The SMILES string of the molecule is O=S(=O)(O)c1ccc(O)c2c(S(=O)(=O)O)cc(Nc3nc(F)nc(F)c3Cl)cc12.[Na].[Na]. The smallest absolute Gasteiger partial charge is 0.313 e. The van der Waals surface area contributed by atoms with Gasteiger partial charge in [-0.25, -0.2) is 0 Å². The Morgan fingerprint density at radius 2 is 1.52 bits per heavy atom. The number of phenols is 1. The van der Waals surface area contributed by atoms with E-state index in [2.05, 4.69) is 15.3 Å². The van der Waals surface area contributed by atoms with Gasteiger partial charge in [-0.15, -0.1) is 0 Å². The molecule has 0 saturated heterocycles. The number of anilines is 2. The summed E-state index contributed by atoms with van der Waals surface area (Å²) in [5.41, 5.74) is -0.361. The van der Waals surface area contributed by atoms with Crippen molar-refractivity contribution >= 4 is 113 Å². The van der Waals surface area contributed by atoms with Crippen LogP contribution in [0.15, 0.2) is 34.1 Å². The van der Waals surface area contributed by atoms with E-state index in [0.717, 1.165) is 24.3 Å². The molecule has 2 aromatic carbocycles. The molecule has 2 radical (unpaired) electrons. The number of hydrogen-bond acceptors (Lipinski definition) is 8. The van der Waals surface area contributed by atoms with E-state index >= 15 is 0 Å². The van der Waals surface area contributed by atoms with E-state index in [4.69, 9.17) is 11.6 Å². The summed E-state index contributed by atoms with van der Waals surface area (Å²) in [4.78, 5) is 4.16. The molecule has 0 saturated carbocycles. The summed E-state index contributed by atoms with van der Waals surface area (Å²) in [6.45, 7) is 0. The molecule has 0 spiro atoms. The Hall–Kier alpha value is -0.650. The Morgan fingerprint density at radius 3 is 2.06 bits per heavy atom. The minimum absolute atomic E-state index is 0. The van der Waals surface area contributed by atoms with Gasteiger partial charge >= 0.3 is 6.08 Å². The van der Waals surface area contributed by atoms with Gasteiger partial charge in [0.15, 0.2) is 5.82 Å². The van der Waals surface area contributed by atoms with E-state index in [-0.39, 0.29) is 64.8 Å². The number of phenolic OH excluding ortho intramolecular Hbond substituents is 1. The molecule has 3 aromatic rings. The third-order valence-corrected chi connectivity index (χ3v) is 5.74. The first-order valence-electron chi connectivity index (χ1n) is 7.19. The third-order valence-electron chi connectivity index (χ3n) is 3.62. The summed E-state index contributed by atoms with van der Waals surface area (Å²) in [5, 5.41) is 10.3. The summed E-state index contributed by atoms with van der Waals surface area (Å²) < 4.78 is 92.4. The maximum absolute atomic E-state index is 13.5. The third kappa shape index (κ3) is 6.03. The van der Waals surface area contributed by atoms with Crippen LogP contribution >= 0.6 is 11.6 Å². The van der Waals surface area contributed by atoms with Crippen LogP contribution in [0, 0.1) is 12.0 Å². The van der Waals surface area contributed by atoms with Crippen LogP contribution in [0.1, 0.15) is 0 Å². The minimum Gasteiger partial charge on any atom is -0.507 e. The Bertz CT molecular complexity index is 1390. The minimum atomic E-state index is -5.05. The van der Waals surface area contributed by atoms with E-state index in [1.807, 2.05) is 0 Å². The zero-order valence-electron chi connectivity index (χ0n) is 15.6. The van der Waals surface area contributed by atoms with Crippen LogP contribution in [0.3, 0.4) is 0 Å². The quantitative estimate of drug-likeness (QED) is 0.175. The van der Waals surface area contributed by atoms with Gasteiger partial charge in [0.25, 0.3) is 20.2 Å². The van der Waals surface area contributed by atoms with Crippen molar-refractivity contribution < 1.29 is 39.8 Å². The summed E-state index contributed by atoms with van der Waals surface area (Å²) in [7, 11) is -9.95. The Kier molecular flexibility index (Phi) is 9.24. The van der Waals surface area contributed by atoms with Crippen LogP contribution in [-0.2, 0) is 20.2 Å². The van der Waals surface area contributed by atoms with Crippen molar-refractivity contribution in [3.63, 3.8) is 0 Å². The predicted octanol–water partition coefficient (Wildman–Crippen LogP) is 1.74. The zero-order chi connectivity index (χ0) is 21.7. The second-order valence-electron chi connectivity index (χ2n) is 5.50. The largest absolute Gasteiger partial charge is 0.507 e. The summed E-state index contributed by atoms with van der Waals surface area (Å²) in [6, 6.07) is 3.21. The molecule has 0 unspecified atom stereocenters. The summed E-state index contributed by atoms with van der Waals surface area (Å²) >= 11 is 5.62. The van der Waals surface area contributed by atoms with Crippen molar-refractivity contribution in [2.75, 3.05) is 5.32 Å². The molecule has 0 fully saturated rings. The topological polar surface area (TPSA) is 167 Å². The molecular formula is C14H8ClF2N3Na2O7S2. The van der Waals surface area contributed by atoms with Crippen molar-refractivity contribution in [2.45, 2.75) is 9.79 Å². The molecule has 3 rings (SSSR count). The maximum Gasteiger partial charge on any atom is 0.313 e. The summed E-state index contributed by atoms with van der Waals surface area (Å²) in [5.74, 6) is -2.82. The van der Waals surface area contributed by atoms with Crippen LogP contribution in [-0.4, -0.2) is 100 Å². The Balaban J connectivity index is 0.00000240. The number of aromatic hydroxyl groups is 1. The Labute approximate surface area is 223 Å². The van der Waals surface area contributed by atoms with Gasteiger partial charge in [0.1, 0.15) is 20.6 Å². The fourth-order valence-corrected chi connectivity index (χ4v) is 4.07. The van der Waals surface area contributed by atoms with Crippen LogP contribution in [0.5, 0.6) is 5.75 Å². The molecule has 0 aliphatic rings. The van der Waals surface area contributed by atoms with Crippen LogP contribution in [0.4, 0.5) is 20.3 Å². The second-order valence-corrected chi connectivity index (χ2v) is 8.66. The normalized spacial score (nSPS) is 11.5. The first-order valence-corrected chi connectivity index (χ1v) is 10.4. The van der Waals surface area contributed by atoms with Crippen LogP contribution in [0.2, 0.25) is 5.02 Å². The fourth-order valence-electron chi connectivity index (χ4n) is 2.52. The van der Waals surface area contributed by atoms with Gasteiger partial charge in [-0.3, -0.25) is 9.11 Å². The summed E-state index contributed by atoms with van der Waals surface area (Å²) in [6.07, 6.45) is -1.51. The molecule has 0 atom stereocenters. The van der Waals surface area contributed by atoms with Gasteiger partial charge in [0.2, 0.25) is 5.95 Å². The standard InChI is InChI=1S/C14H8ClF2N3O7S2.2Na/c15-11-12(16)19-14(17)20-13(11)18-5-3-6-8(28(22,23)24)2-1-7(21)10(6)9(4-5)29(25,26)27;;/h1-4,21H,(H,18,19,20)(H,22,23,24)(H,25,26,27);;. The van der Waals surface area contributed by atoms with E-state index < -0.39 is 69.4 Å². The molecule has 0 aliphatic heterocycles. The molecule has 17 heteroatoms. The van der Waals surface area contributed by atoms with Crippen molar-refractivity contribution in [1.82, 2.24) is 9.97 Å². The predicted molar refractivity (Wildman–Crippen MR) is 107 cm³/mol. The van der Waals surface area contributed by atoms with Crippen molar-refractivity contribution in [2.24, 2.45) is 0 Å². The van der Waals surface area contributed by atoms with Gasteiger partial charge in [-0.05, 0) is 24.3 Å². The molecule has 4 N–H and O–H groups in total. The van der Waals surface area contributed by atoms with Gasteiger partial charge in [-0.1, -0.05) is 11.6 Å². The van der Waals surface area contributed by atoms with Crippen molar-refractivity contribution in [1.29, 1.82) is 0 Å². The van der Waals surface area contributed by atoms with Crippen molar-refractivity contribution in [3.8, 4) is 5.75 Å². The second kappa shape index (κ2) is 10.1. The molecule has 0 aliphatic carbocycles. The average molecular weight is 514 g/mol. The molecule has 1 heterocycles. The average Bonchev–Trinajstić information content (AvgIpc) is 2.57. The number of hydrogen-bond donors (Lipinski definition) is 4. The molecule has 31 heavy (non-hydrogen) atoms. The molecule has 10 nitrogen and oxygen atoms in total. The first kappa shape index (κ1) is 28.4. The number of halogens is 3. The molecule has 0 amide bonds. The molecule has 156 valence electrons. The van der Waals surface area contributed by atoms with E-state index in [1.165, 1.54) is 0 Å². The number of nitrogens with zero attached hydrogens (tertiary/aromatic N) is 2. The van der Waals surface area contributed by atoms with Gasteiger partial charge in [0.05, 0.1) is 0 Å². The number of nitrogens with one attached hydrogen (secondary N) is 1. The zero-order valence-corrected chi connectivity index (χ0v) is 22.0. The molecule has 1 aromatic heterocycles. The molecular weight excluding hydrogens is 506 g/mol. The van der Waals surface area contributed by atoms with Gasteiger partial charge in [0, 0.05) is 75.6 Å². The van der Waals surface area contributed by atoms with Gasteiger partial charge in [-0.2, -0.15) is 35.6 Å². The van der Waals surface area contributed by atoms with E-state index in [0.29, 0.717) is 0 Å². The first-order chi connectivity index (χ1) is 13.3. The monoisotopic (exact) mass is 513 g/mol. The van der Waals surface area contributed by atoms with E-state index in [9.17, 15) is 39.8 Å². The van der Waals surface area contributed by atoms with E-state index in [1.54, 1.807) is 0 Å². The molecule has 0 bridgehead atoms. The van der Waals surface area contributed by atoms with Crippen molar-refractivity contribution in [3.05, 3.63) is 41.3 Å². The number of fused-ring (bicyclic) bond motifs is 1. The van der Waals surface area contributed by atoms with Gasteiger partial charge < -0.3 is 10.4 Å². The number of aromatic nitrogens is 2. The number of benzene rings is 2.